The summed E-state index contributed by atoms with van der Waals surface area (Å²) in [6.07, 6.45) is 3.18. The summed E-state index contributed by atoms with van der Waals surface area (Å²) >= 11 is 0. The Kier molecular flexibility index (Phi) is 5.53. The van der Waals surface area contributed by atoms with Crippen molar-refractivity contribution in [1.29, 1.82) is 0 Å². The molecule has 4 aromatic rings. The summed E-state index contributed by atoms with van der Waals surface area (Å²) in [5, 5.41) is 6.18. The second-order valence-electron chi connectivity index (χ2n) is 6.65. The van der Waals surface area contributed by atoms with E-state index >= 15 is 0 Å². The number of H-pyrrole nitrogens is 1. The Balaban J connectivity index is 1.47. The third-order valence-corrected chi connectivity index (χ3v) is 4.67. The van der Waals surface area contributed by atoms with E-state index in [-0.39, 0.29) is 17.5 Å². The minimum absolute atomic E-state index is 0.238. The number of hydrogen-bond acceptors (Lipinski definition) is 5. The van der Waals surface area contributed by atoms with Gasteiger partial charge in [0.2, 0.25) is 0 Å². The van der Waals surface area contributed by atoms with Crippen LogP contribution in [0.2, 0.25) is 0 Å². The van der Waals surface area contributed by atoms with Gasteiger partial charge in [-0.3, -0.25) is 14.6 Å². The second-order valence-corrected chi connectivity index (χ2v) is 6.65. The molecule has 0 aliphatic carbocycles. The monoisotopic (exact) mass is 416 g/mol. The first-order valence-electron chi connectivity index (χ1n) is 9.50. The number of carbonyl (C=O) groups excluding carboxylic acids is 2. The molecule has 4 rings (SSSR count). The van der Waals surface area contributed by atoms with Gasteiger partial charge in [-0.15, -0.1) is 0 Å². The van der Waals surface area contributed by atoms with Gasteiger partial charge in [0.25, 0.3) is 11.8 Å². The lowest BCUT2D eigenvalue weighted by Crippen LogP contribution is -2.18. The number of methoxy groups -OCH3 is 1. The highest BCUT2D eigenvalue weighted by atomic mass is 16.5. The third-order valence-electron chi connectivity index (χ3n) is 4.67. The Hall–Kier alpha value is -4.33. The number of nitrogens with zero attached hydrogens (tertiary/aromatic N) is 1. The number of pyridine rings is 1. The van der Waals surface area contributed by atoms with Gasteiger partial charge in [0.1, 0.15) is 22.9 Å². The molecular weight excluding hydrogens is 396 g/mol. The maximum absolute atomic E-state index is 12.7. The van der Waals surface area contributed by atoms with E-state index in [2.05, 4.69) is 20.6 Å². The zero-order valence-electron chi connectivity index (χ0n) is 16.9. The predicted molar refractivity (Wildman–Crippen MR) is 117 cm³/mol. The molecule has 2 aromatic carbocycles. The molecule has 0 radical (unpaired) electrons. The fraction of sp³-hybridized carbons (Fsp3) is 0.0870. The lowest BCUT2D eigenvalue weighted by molar-refractivity contribution is 0.0957. The first-order valence-corrected chi connectivity index (χ1v) is 9.50. The van der Waals surface area contributed by atoms with Gasteiger partial charge in [0.15, 0.2) is 0 Å². The Morgan fingerprint density at radius 3 is 2.45 bits per heavy atom. The quantitative estimate of drug-likeness (QED) is 0.441. The molecular formula is C23H20N4O4. The van der Waals surface area contributed by atoms with E-state index in [1.807, 2.05) is 18.2 Å². The first-order chi connectivity index (χ1) is 15.1. The fourth-order valence-corrected chi connectivity index (χ4v) is 3.08. The van der Waals surface area contributed by atoms with E-state index in [4.69, 9.17) is 9.47 Å². The van der Waals surface area contributed by atoms with Gasteiger partial charge in [-0.25, -0.2) is 0 Å². The lowest BCUT2D eigenvalue weighted by Gasteiger charge is -2.09. The standard InChI is InChI=1S/C23H20N4O4/c1-24-23(29)21-12-17(9-10-25-21)31-15-5-3-14(4-6-15)27-22(28)19-13-26-20-8-7-16(30-2)11-18(19)20/h3-13,26H,1-2H3,(H,24,29)(H,27,28). The Labute approximate surface area is 178 Å². The van der Waals surface area contributed by atoms with Crippen LogP contribution >= 0.6 is 0 Å². The fourth-order valence-electron chi connectivity index (χ4n) is 3.08. The van der Waals surface area contributed by atoms with E-state index in [9.17, 15) is 9.59 Å². The molecule has 0 aliphatic heterocycles. The molecule has 31 heavy (non-hydrogen) atoms. The van der Waals surface area contributed by atoms with Gasteiger partial charge in [-0.2, -0.15) is 0 Å². The van der Waals surface area contributed by atoms with Crippen LogP contribution in [0.4, 0.5) is 5.69 Å². The van der Waals surface area contributed by atoms with Crippen molar-refractivity contribution < 1.29 is 19.1 Å². The lowest BCUT2D eigenvalue weighted by atomic mass is 10.1. The van der Waals surface area contributed by atoms with Crippen LogP contribution < -0.4 is 20.1 Å². The average Bonchev–Trinajstić information content (AvgIpc) is 3.23. The van der Waals surface area contributed by atoms with Gasteiger partial charge >= 0.3 is 0 Å². The summed E-state index contributed by atoms with van der Waals surface area (Å²) in [5.41, 5.74) is 2.26. The Morgan fingerprint density at radius 2 is 1.71 bits per heavy atom. The van der Waals surface area contributed by atoms with Crippen molar-refractivity contribution in [3.8, 4) is 17.2 Å². The number of rotatable bonds is 6. The number of amides is 2. The number of hydrogen-bond donors (Lipinski definition) is 3. The number of ether oxygens (including phenoxy) is 2. The number of carbonyl (C=O) groups is 2. The third kappa shape index (κ3) is 4.32. The number of aromatic amines is 1. The van der Waals surface area contributed by atoms with Crippen molar-refractivity contribution in [3.63, 3.8) is 0 Å². The number of nitrogens with one attached hydrogen (secondary N) is 3. The summed E-state index contributed by atoms with van der Waals surface area (Å²) in [6, 6.07) is 15.7. The second kappa shape index (κ2) is 8.58. The van der Waals surface area contributed by atoms with Crippen molar-refractivity contribution in [1.82, 2.24) is 15.3 Å². The van der Waals surface area contributed by atoms with E-state index in [1.54, 1.807) is 49.7 Å². The molecule has 2 heterocycles. The van der Waals surface area contributed by atoms with E-state index < -0.39 is 0 Å². The summed E-state index contributed by atoms with van der Waals surface area (Å²) < 4.78 is 11.0. The topological polar surface area (TPSA) is 105 Å². The van der Waals surface area contributed by atoms with Gasteiger partial charge < -0.3 is 25.1 Å². The molecule has 0 fully saturated rings. The molecule has 8 heteroatoms. The molecule has 0 unspecified atom stereocenters. The number of benzene rings is 2. The highest BCUT2D eigenvalue weighted by Gasteiger charge is 2.13. The molecule has 0 aliphatic rings. The largest absolute Gasteiger partial charge is 0.497 e. The molecule has 2 amide bonds. The first kappa shape index (κ1) is 20.0. The molecule has 3 N–H and O–H groups in total. The van der Waals surface area contributed by atoms with Gasteiger partial charge in [0, 0.05) is 42.1 Å². The van der Waals surface area contributed by atoms with Gasteiger partial charge in [-0.1, -0.05) is 0 Å². The maximum atomic E-state index is 12.7. The van der Waals surface area contributed by atoms with Crippen LogP contribution in [0.25, 0.3) is 10.9 Å². The normalized spacial score (nSPS) is 10.5. The van der Waals surface area contributed by atoms with Crippen molar-refractivity contribution in [2.24, 2.45) is 0 Å². The van der Waals surface area contributed by atoms with Crippen molar-refractivity contribution in [2.75, 3.05) is 19.5 Å². The van der Waals surface area contributed by atoms with Crippen LogP contribution in [0.3, 0.4) is 0 Å². The SMILES string of the molecule is CNC(=O)c1cc(Oc2ccc(NC(=O)c3c[nH]c4ccc(OC)cc34)cc2)ccn1. The predicted octanol–water partition coefficient (Wildman–Crippen LogP) is 3.98. The summed E-state index contributed by atoms with van der Waals surface area (Å²) in [6.45, 7) is 0. The molecule has 0 saturated carbocycles. The highest BCUT2D eigenvalue weighted by molar-refractivity contribution is 6.13. The van der Waals surface area contributed by atoms with Crippen LogP contribution in [0, 0.1) is 0 Å². The molecule has 0 saturated heterocycles. The van der Waals surface area contributed by atoms with E-state index in [0.29, 0.717) is 28.5 Å². The van der Waals surface area contributed by atoms with Crippen molar-refractivity contribution in [3.05, 3.63) is 78.2 Å². The smallest absolute Gasteiger partial charge is 0.269 e. The van der Waals surface area contributed by atoms with Gasteiger partial charge in [-0.05, 0) is 48.5 Å². The number of anilines is 1. The Morgan fingerprint density at radius 1 is 0.935 bits per heavy atom. The summed E-state index contributed by atoms with van der Waals surface area (Å²) in [4.78, 5) is 31.5. The molecule has 8 nitrogen and oxygen atoms in total. The molecule has 2 aromatic heterocycles. The van der Waals surface area contributed by atoms with Gasteiger partial charge in [0.05, 0.1) is 12.7 Å². The molecule has 156 valence electrons. The summed E-state index contributed by atoms with van der Waals surface area (Å²) in [5.74, 6) is 1.19. The van der Waals surface area contributed by atoms with E-state index in [0.717, 1.165) is 10.9 Å². The van der Waals surface area contributed by atoms with Crippen molar-refractivity contribution >= 4 is 28.4 Å². The minimum Gasteiger partial charge on any atom is -0.497 e. The zero-order chi connectivity index (χ0) is 21.8. The highest BCUT2D eigenvalue weighted by Crippen LogP contribution is 2.26. The molecule has 0 atom stereocenters. The van der Waals surface area contributed by atoms with Crippen LogP contribution in [0.1, 0.15) is 20.8 Å². The van der Waals surface area contributed by atoms with Crippen LogP contribution in [0.5, 0.6) is 17.2 Å². The van der Waals surface area contributed by atoms with Crippen LogP contribution in [-0.4, -0.2) is 35.9 Å². The number of aromatic nitrogens is 2. The zero-order valence-corrected chi connectivity index (χ0v) is 16.9. The minimum atomic E-state index is -0.293. The van der Waals surface area contributed by atoms with Crippen LogP contribution in [0.15, 0.2) is 67.0 Å². The van der Waals surface area contributed by atoms with E-state index in [1.165, 1.54) is 13.2 Å². The summed E-state index contributed by atoms with van der Waals surface area (Å²) in [7, 11) is 3.12. The number of fused-ring (bicyclic) bond motifs is 1. The Bertz CT molecular complexity index is 1250. The van der Waals surface area contributed by atoms with Crippen LogP contribution in [-0.2, 0) is 0 Å². The molecule has 0 bridgehead atoms. The molecule has 0 spiro atoms. The van der Waals surface area contributed by atoms with Crippen molar-refractivity contribution in [2.45, 2.75) is 0 Å². The average molecular weight is 416 g/mol. The maximum Gasteiger partial charge on any atom is 0.269 e.